The fraction of sp³-hybridized carbons (Fsp3) is 0.143. The smallest absolute Gasteiger partial charge is 0.205 e. The van der Waals surface area contributed by atoms with E-state index in [9.17, 15) is 17.6 Å². The van der Waals surface area contributed by atoms with Gasteiger partial charge >= 0.3 is 6.18 Å². The second kappa shape index (κ2) is 3.46. The third kappa shape index (κ3) is 2.34. The van der Waals surface area contributed by atoms with Gasteiger partial charge in [0, 0.05) is 4.47 Å². The van der Waals surface area contributed by atoms with E-state index in [0.717, 1.165) is 0 Å². The lowest BCUT2D eigenvalue weighted by Gasteiger charge is -2.09. The maximum atomic E-state index is 12.6. The van der Waals surface area contributed by atoms with Gasteiger partial charge in [-0.3, -0.25) is 0 Å². The Kier molecular flexibility index (Phi) is 2.87. The highest BCUT2D eigenvalue weighted by atomic mass is 79.9. The van der Waals surface area contributed by atoms with E-state index in [0.29, 0.717) is 12.1 Å². The summed E-state index contributed by atoms with van der Waals surface area (Å²) < 4.78 is 48.7. The maximum absolute atomic E-state index is 12.6. The lowest BCUT2D eigenvalue weighted by atomic mass is 10.2. The van der Waals surface area contributed by atoms with E-state index >= 15 is 0 Å². The third-order valence-corrected chi connectivity index (χ3v) is 2.26. The van der Waals surface area contributed by atoms with Crippen LogP contribution in [0, 0.1) is 5.82 Å². The van der Waals surface area contributed by atoms with Crippen LogP contribution in [0.5, 0.6) is 0 Å². The molecule has 0 saturated heterocycles. The first-order chi connectivity index (χ1) is 5.82. The normalized spacial score (nSPS) is 11.8. The van der Waals surface area contributed by atoms with Crippen LogP contribution in [0.25, 0.3) is 0 Å². The van der Waals surface area contributed by atoms with Crippen molar-refractivity contribution in [2.45, 2.75) is 6.18 Å². The number of hydrogen-bond donors (Lipinski definition) is 0. The highest BCUT2D eigenvalue weighted by Crippen LogP contribution is 2.37. The second-order valence-corrected chi connectivity index (χ2v) is 3.51. The summed E-state index contributed by atoms with van der Waals surface area (Å²) in [4.78, 5) is 0. The van der Waals surface area contributed by atoms with Crippen molar-refractivity contribution < 1.29 is 17.6 Å². The zero-order valence-electron chi connectivity index (χ0n) is 5.92. The molecule has 0 atom stereocenters. The Hall–Kier alpha value is -0.290. The molecule has 1 aromatic carbocycles. The molecule has 72 valence electrons. The number of halogens is 6. The van der Waals surface area contributed by atoms with Gasteiger partial charge in [-0.25, -0.2) is 4.39 Å². The first-order valence-electron chi connectivity index (χ1n) is 3.04. The monoisotopic (exact) mass is 276 g/mol. The van der Waals surface area contributed by atoms with Crippen molar-refractivity contribution in [2.75, 3.05) is 0 Å². The average molecular weight is 277 g/mol. The molecule has 0 radical (unpaired) electrons. The minimum Gasteiger partial charge on any atom is -0.205 e. The molecule has 0 heterocycles. The first kappa shape index (κ1) is 10.8. The van der Waals surface area contributed by atoms with Crippen molar-refractivity contribution in [3.8, 4) is 0 Å². The van der Waals surface area contributed by atoms with Gasteiger partial charge in [0.2, 0.25) is 0 Å². The largest absolute Gasteiger partial charge is 0.417 e. The summed E-state index contributed by atoms with van der Waals surface area (Å²) in [5, 5.41) is -0.546. The summed E-state index contributed by atoms with van der Waals surface area (Å²) in [6.45, 7) is 0. The first-order valence-corrected chi connectivity index (χ1v) is 4.21. The second-order valence-electron chi connectivity index (χ2n) is 2.24. The summed E-state index contributed by atoms with van der Waals surface area (Å²) in [7, 11) is 0. The van der Waals surface area contributed by atoms with E-state index in [1.165, 1.54) is 0 Å². The molecule has 0 unspecified atom stereocenters. The molecule has 0 amide bonds. The standard InChI is InChI=1S/C7H2BrClF4/c8-4-2-6(10)5(9)1-3(4)7(11,12)13/h1-2H. The van der Waals surface area contributed by atoms with E-state index in [1.54, 1.807) is 0 Å². The Bertz CT molecular complexity index is 334. The Morgan fingerprint density at radius 2 is 1.77 bits per heavy atom. The molecular formula is C7H2BrClF4. The fourth-order valence-corrected chi connectivity index (χ4v) is 1.44. The van der Waals surface area contributed by atoms with E-state index in [4.69, 9.17) is 11.6 Å². The van der Waals surface area contributed by atoms with Gasteiger partial charge in [0.25, 0.3) is 0 Å². The zero-order valence-corrected chi connectivity index (χ0v) is 8.26. The molecule has 0 fully saturated rings. The van der Waals surface area contributed by atoms with E-state index < -0.39 is 22.6 Å². The maximum Gasteiger partial charge on any atom is 0.417 e. The third-order valence-electron chi connectivity index (χ3n) is 1.32. The summed E-state index contributed by atoms with van der Waals surface area (Å²) in [6, 6.07) is 1.23. The van der Waals surface area contributed by atoms with Crippen LogP contribution in [-0.2, 0) is 6.18 Å². The number of hydrogen-bond acceptors (Lipinski definition) is 0. The van der Waals surface area contributed by atoms with Gasteiger partial charge in [0.05, 0.1) is 10.6 Å². The van der Waals surface area contributed by atoms with Crippen LogP contribution in [0.1, 0.15) is 5.56 Å². The van der Waals surface area contributed by atoms with Gasteiger partial charge in [-0.05, 0) is 12.1 Å². The molecular weight excluding hydrogens is 275 g/mol. The van der Waals surface area contributed by atoms with Crippen molar-refractivity contribution >= 4 is 27.5 Å². The van der Waals surface area contributed by atoms with Gasteiger partial charge < -0.3 is 0 Å². The molecule has 6 heteroatoms. The zero-order chi connectivity index (χ0) is 10.2. The molecule has 1 rings (SSSR count). The van der Waals surface area contributed by atoms with Crippen LogP contribution >= 0.6 is 27.5 Å². The van der Waals surface area contributed by atoms with E-state index in [1.807, 2.05) is 0 Å². The molecule has 0 bridgehead atoms. The molecule has 0 nitrogen and oxygen atoms in total. The van der Waals surface area contributed by atoms with Crippen molar-refractivity contribution in [3.63, 3.8) is 0 Å². The lowest BCUT2D eigenvalue weighted by Crippen LogP contribution is -2.06. The van der Waals surface area contributed by atoms with Gasteiger partial charge in [-0.15, -0.1) is 0 Å². The van der Waals surface area contributed by atoms with Gasteiger partial charge in [-0.2, -0.15) is 13.2 Å². The molecule has 0 saturated carbocycles. The SMILES string of the molecule is Fc1cc(Br)c(C(F)(F)F)cc1Cl. The van der Waals surface area contributed by atoms with Crippen LogP contribution in [0.15, 0.2) is 16.6 Å². The van der Waals surface area contributed by atoms with Crippen molar-refractivity contribution in [2.24, 2.45) is 0 Å². The highest BCUT2D eigenvalue weighted by Gasteiger charge is 2.33. The van der Waals surface area contributed by atoms with Crippen LogP contribution < -0.4 is 0 Å². The molecule has 13 heavy (non-hydrogen) atoms. The van der Waals surface area contributed by atoms with E-state index in [2.05, 4.69) is 15.9 Å². The van der Waals surface area contributed by atoms with Gasteiger partial charge in [0.15, 0.2) is 0 Å². The Labute approximate surface area is 84.6 Å². The molecule has 0 aliphatic heterocycles. The Morgan fingerprint density at radius 3 is 2.23 bits per heavy atom. The van der Waals surface area contributed by atoms with Crippen molar-refractivity contribution in [1.82, 2.24) is 0 Å². The molecule has 0 spiro atoms. The van der Waals surface area contributed by atoms with E-state index in [-0.39, 0.29) is 4.47 Å². The van der Waals surface area contributed by atoms with Gasteiger partial charge in [0.1, 0.15) is 5.82 Å². The minimum absolute atomic E-state index is 0.359. The van der Waals surface area contributed by atoms with Crippen LogP contribution in [0.2, 0.25) is 5.02 Å². The van der Waals surface area contributed by atoms with Crippen LogP contribution in [0.4, 0.5) is 17.6 Å². The molecule has 1 aromatic rings. The molecule has 0 N–H and O–H groups in total. The minimum atomic E-state index is -4.53. The summed E-state index contributed by atoms with van der Waals surface area (Å²) in [5.41, 5.74) is -0.987. The van der Waals surface area contributed by atoms with Crippen LogP contribution in [0.3, 0.4) is 0 Å². The van der Waals surface area contributed by atoms with Gasteiger partial charge in [-0.1, -0.05) is 27.5 Å². The Balaban J connectivity index is 3.32. The molecule has 0 aliphatic carbocycles. The summed E-state index contributed by atoms with van der Waals surface area (Å²) in [5.74, 6) is -0.887. The number of alkyl halides is 3. The fourth-order valence-electron chi connectivity index (χ4n) is 0.740. The predicted molar refractivity (Wildman–Crippen MR) is 44.1 cm³/mol. The molecule has 0 aromatic heterocycles. The summed E-state index contributed by atoms with van der Waals surface area (Å²) >= 11 is 7.79. The number of rotatable bonds is 0. The lowest BCUT2D eigenvalue weighted by molar-refractivity contribution is -0.138. The van der Waals surface area contributed by atoms with Crippen molar-refractivity contribution in [3.05, 3.63) is 33.0 Å². The predicted octanol–water partition coefficient (Wildman–Crippen LogP) is 4.26. The average Bonchev–Trinajstić information content (AvgIpc) is 1.94. The van der Waals surface area contributed by atoms with Crippen LogP contribution in [-0.4, -0.2) is 0 Å². The quantitative estimate of drug-likeness (QED) is 0.491. The Morgan fingerprint density at radius 1 is 1.23 bits per heavy atom. The topological polar surface area (TPSA) is 0 Å². The number of benzene rings is 1. The highest BCUT2D eigenvalue weighted by molar-refractivity contribution is 9.10. The summed E-state index contributed by atoms with van der Waals surface area (Å²) in [6.07, 6.45) is -4.53. The van der Waals surface area contributed by atoms with Crippen molar-refractivity contribution in [1.29, 1.82) is 0 Å². The molecule has 0 aliphatic rings.